The second-order valence-electron chi connectivity index (χ2n) is 12.5. The predicted octanol–water partition coefficient (Wildman–Crippen LogP) is 4.04. The number of imidazole rings is 1. The molecule has 5 heterocycles. The molecule has 7 rings (SSSR count). The van der Waals surface area contributed by atoms with E-state index >= 15 is 0 Å². The van der Waals surface area contributed by atoms with Crippen LogP contribution in [0.5, 0.6) is 5.75 Å². The Kier molecular flexibility index (Phi) is 9.74. The first-order chi connectivity index (χ1) is 24.2. The van der Waals surface area contributed by atoms with Crippen molar-refractivity contribution in [2.24, 2.45) is 0 Å². The van der Waals surface area contributed by atoms with Gasteiger partial charge in [0.2, 0.25) is 17.4 Å². The number of morpholine rings is 2. The van der Waals surface area contributed by atoms with Gasteiger partial charge in [-0.15, -0.1) is 11.3 Å². The fourth-order valence-electron chi connectivity index (χ4n) is 6.34. The molecule has 2 amide bonds. The molecule has 50 heavy (non-hydrogen) atoms. The summed E-state index contributed by atoms with van der Waals surface area (Å²) in [4.78, 5) is 54.5. The molecule has 3 aromatic heterocycles. The third kappa shape index (κ3) is 7.18. The molecule has 5 aromatic rings. The lowest BCUT2D eigenvalue weighted by atomic mass is 10.0. The van der Waals surface area contributed by atoms with Gasteiger partial charge >= 0.3 is 5.56 Å². The molecular formula is C36H37FN6O6S. The van der Waals surface area contributed by atoms with Crippen molar-refractivity contribution in [2.45, 2.75) is 45.6 Å². The highest BCUT2D eigenvalue weighted by molar-refractivity contribution is 7.15. The van der Waals surface area contributed by atoms with E-state index in [0.29, 0.717) is 56.4 Å². The number of benzene rings is 2. The fourth-order valence-corrected chi connectivity index (χ4v) is 7.26. The summed E-state index contributed by atoms with van der Waals surface area (Å²) in [6.07, 6.45) is 5.06. The molecule has 2 saturated heterocycles. The molecule has 0 spiro atoms. The van der Waals surface area contributed by atoms with Crippen LogP contribution in [0.4, 0.5) is 4.39 Å². The number of hydrogen-bond acceptors (Lipinski definition) is 9. The number of rotatable bonds is 9. The molecule has 0 bridgehead atoms. The van der Waals surface area contributed by atoms with Crippen molar-refractivity contribution >= 4 is 28.9 Å². The number of thiazole rings is 1. The molecule has 2 aromatic carbocycles. The molecule has 0 aliphatic carbocycles. The topological polar surface area (TPSA) is 120 Å². The van der Waals surface area contributed by atoms with Gasteiger partial charge in [-0.1, -0.05) is 36.4 Å². The number of carbonyl (C=O) groups excluding carboxylic acids is 2. The summed E-state index contributed by atoms with van der Waals surface area (Å²) >= 11 is 1.30. The van der Waals surface area contributed by atoms with Crippen LogP contribution in [0.3, 0.4) is 0 Å². The molecule has 2 aliphatic heterocycles. The van der Waals surface area contributed by atoms with Crippen molar-refractivity contribution in [3.05, 3.63) is 105 Å². The van der Waals surface area contributed by atoms with Gasteiger partial charge < -0.3 is 28.6 Å². The minimum atomic E-state index is -0.493. The van der Waals surface area contributed by atoms with Crippen LogP contribution < -0.4 is 10.3 Å². The van der Waals surface area contributed by atoms with Crippen molar-refractivity contribution in [3.8, 4) is 16.5 Å². The first-order valence-electron chi connectivity index (χ1n) is 16.6. The van der Waals surface area contributed by atoms with Crippen molar-refractivity contribution in [1.82, 2.24) is 28.7 Å². The smallest absolute Gasteiger partial charge is 0.302 e. The monoisotopic (exact) mass is 700 g/mol. The second kappa shape index (κ2) is 14.5. The molecule has 14 heteroatoms. The Bertz CT molecular complexity index is 2060. The summed E-state index contributed by atoms with van der Waals surface area (Å²) < 4.78 is 34.7. The maximum absolute atomic E-state index is 14.4. The number of amides is 2. The quantitative estimate of drug-likeness (QED) is 0.226. The molecule has 2 fully saturated rings. The molecule has 0 saturated carbocycles. The third-order valence-electron chi connectivity index (χ3n) is 8.73. The highest BCUT2D eigenvalue weighted by Crippen LogP contribution is 2.32. The van der Waals surface area contributed by atoms with Crippen molar-refractivity contribution in [1.29, 1.82) is 0 Å². The van der Waals surface area contributed by atoms with Gasteiger partial charge in [-0.2, -0.15) is 0 Å². The molecule has 1 unspecified atom stereocenters. The normalized spacial score (nSPS) is 18.1. The van der Waals surface area contributed by atoms with Crippen molar-refractivity contribution in [2.75, 3.05) is 39.4 Å². The summed E-state index contributed by atoms with van der Waals surface area (Å²) in [5.41, 5.74) is 1.62. The summed E-state index contributed by atoms with van der Waals surface area (Å²) in [6, 6.07) is 13.7. The highest BCUT2D eigenvalue weighted by Gasteiger charge is 2.28. The first kappa shape index (κ1) is 33.6. The van der Waals surface area contributed by atoms with Crippen LogP contribution in [-0.2, 0) is 33.8 Å². The van der Waals surface area contributed by atoms with Crippen LogP contribution in [0, 0.1) is 5.82 Å². The molecule has 2 aliphatic rings. The Hall–Kier alpha value is -4.92. The summed E-state index contributed by atoms with van der Waals surface area (Å²) in [7, 11) is 0. The van der Waals surface area contributed by atoms with Gasteiger partial charge in [-0.05, 0) is 37.1 Å². The number of carbonyl (C=O) groups is 2. The summed E-state index contributed by atoms with van der Waals surface area (Å²) in [5, 5.41) is 0.431. The second-order valence-corrected chi connectivity index (χ2v) is 13.7. The Morgan fingerprint density at radius 2 is 1.78 bits per heavy atom. The van der Waals surface area contributed by atoms with Gasteiger partial charge in [0.1, 0.15) is 24.0 Å². The van der Waals surface area contributed by atoms with Crippen LogP contribution in [0.25, 0.3) is 16.5 Å². The van der Waals surface area contributed by atoms with E-state index in [0.717, 1.165) is 10.4 Å². The largest absolute Gasteiger partial charge is 0.481 e. The predicted molar refractivity (Wildman–Crippen MR) is 184 cm³/mol. The zero-order valence-corrected chi connectivity index (χ0v) is 28.6. The SMILES string of the molecule is CC1CN(C(=O)Cn2ccn3c(=O)c(OCc4ccccc4)c(-c4ncc(Cc5ccc(F)cc5C(=O)N5CCOCC5)s4)nc23)C[C@H](C)O1. The van der Waals surface area contributed by atoms with Gasteiger partial charge in [0.15, 0.2) is 5.69 Å². The number of aromatic nitrogens is 4. The standard InChI is InChI=1S/C36H37FN6O6S/c1-23-19-42(20-24(2)49-23)30(44)21-41-10-11-43-35(46)32(48-22-25-6-4-3-5-7-25)31(39-36(41)43)33-38-18-28(50-33)16-26-8-9-27(37)17-29(26)34(45)40-12-14-47-15-13-40/h3-11,17-18,23-24H,12-16,19-22H2,1-2H3/t23-,24?/m0/s1. The van der Waals surface area contributed by atoms with Gasteiger partial charge in [-0.25, -0.2) is 18.8 Å². The molecule has 2 atom stereocenters. The van der Waals surface area contributed by atoms with Gasteiger partial charge in [0.05, 0.1) is 25.4 Å². The van der Waals surface area contributed by atoms with Crippen LogP contribution in [-0.4, -0.2) is 92.2 Å². The van der Waals surface area contributed by atoms with E-state index in [2.05, 4.69) is 4.98 Å². The van der Waals surface area contributed by atoms with Crippen molar-refractivity contribution in [3.63, 3.8) is 0 Å². The molecule has 260 valence electrons. The fraction of sp³-hybridized carbons (Fsp3) is 0.361. The van der Waals surface area contributed by atoms with Gasteiger partial charge in [0, 0.05) is 61.6 Å². The van der Waals surface area contributed by atoms with E-state index in [1.165, 1.54) is 27.9 Å². The lowest BCUT2D eigenvalue weighted by molar-refractivity contribution is -0.143. The average molecular weight is 701 g/mol. The number of ether oxygens (including phenoxy) is 3. The lowest BCUT2D eigenvalue weighted by Gasteiger charge is -2.35. The zero-order chi connectivity index (χ0) is 34.8. The number of halogens is 1. The number of nitrogens with zero attached hydrogens (tertiary/aromatic N) is 6. The van der Waals surface area contributed by atoms with Gasteiger partial charge in [-0.3, -0.25) is 14.4 Å². The maximum Gasteiger partial charge on any atom is 0.302 e. The van der Waals surface area contributed by atoms with Crippen LogP contribution in [0.15, 0.2) is 71.9 Å². The Morgan fingerprint density at radius 3 is 2.54 bits per heavy atom. The van der Waals surface area contributed by atoms with E-state index < -0.39 is 11.4 Å². The third-order valence-corrected chi connectivity index (χ3v) is 9.74. The van der Waals surface area contributed by atoms with E-state index in [1.54, 1.807) is 39.0 Å². The maximum atomic E-state index is 14.4. The summed E-state index contributed by atoms with van der Waals surface area (Å²) in [5.74, 6) is -0.553. The molecule has 12 nitrogen and oxygen atoms in total. The Morgan fingerprint density at radius 1 is 1.02 bits per heavy atom. The van der Waals surface area contributed by atoms with Crippen LogP contribution in [0.1, 0.15) is 40.2 Å². The molecule has 0 N–H and O–H groups in total. The zero-order valence-electron chi connectivity index (χ0n) is 27.8. The van der Waals surface area contributed by atoms with Gasteiger partial charge in [0.25, 0.3) is 5.91 Å². The van der Waals surface area contributed by atoms with Crippen molar-refractivity contribution < 1.29 is 28.2 Å². The van der Waals surface area contributed by atoms with Crippen LogP contribution >= 0.6 is 11.3 Å². The Balaban J connectivity index is 1.22. The Labute approximate surface area is 291 Å². The minimum Gasteiger partial charge on any atom is -0.481 e. The van der Waals surface area contributed by atoms with E-state index in [1.807, 2.05) is 44.2 Å². The van der Waals surface area contributed by atoms with E-state index in [9.17, 15) is 18.8 Å². The minimum absolute atomic E-state index is 0.0142. The summed E-state index contributed by atoms with van der Waals surface area (Å²) in [6.45, 7) is 6.69. The number of fused-ring (bicyclic) bond motifs is 1. The van der Waals surface area contributed by atoms with E-state index in [-0.39, 0.29) is 60.0 Å². The highest BCUT2D eigenvalue weighted by atomic mass is 32.1. The average Bonchev–Trinajstić information content (AvgIpc) is 3.75. The first-order valence-corrected chi connectivity index (χ1v) is 17.4. The number of hydrogen-bond donors (Lipinski definition) is 0. The molecule has 0 radical (unpaired) electrons. The van der Waals surface area contributed by atoms with E-state index in [4.69, 9.17) is 19.2 Å². The lowest BCUT2D eigenvalue weighted by Crippen LogP contribution is -2.49. The molecular weight excluding hydrogens is 663 g/mol. The van der Waals surface area contributed by atoms with Crippen LogP contribution in [0.2, 0.25) is 0 Å².